The molecule has 0 radical (unpaired) electrons. The molecule has 2 heterocycles. The molecule has 14 heavy (non-hydrogen) atoms. The second kappa shape index (κ2) is 3.21. The first-order chi connectivity index (χ1) is 6.68. The maximum absolute atomic E-state index is 9.52. The van der Waals surface area contributed by atoms with Crippen LogP contribution >= 0.6 is 0 Å². The molecule has 0 spiro atoms. The highest BCUT2D eigenvalue weighted by molar-refractivity contribution is 5.49. The average Bonchev–Trinajstić information content (AvgIpc) is 2.70. The number of nitrogens with zero attached hydrogens (tertiary/aromatic N) is 1. The van der Waals surface area contributed by atoms with E-state index in [1.165, 1.54) is 0 Å². The Labute approximate surface area is 81.6 Å². The van der Waals surface area contributed by atoms with E-state index in [0.717, 1.165) is 5.69 Å². The van der Waals surface area contributed by atoms with E-state index in [4.69, 9.17) is 4.42 Å². The number of aromatic nitrogens is 2. The maximum Gasteiger partial charge on any atom is 0.233 e. The first kappa shape index (κ1) is 8.87. The number of H-pyrrole nitrogens is 1. The third-order valence-electron chi connectivity index (χ3n) is 2.04. The van der Waals surface area contributed by atoms with E-state index < -0.39 is 0 Å². The van der Waals surface area contributed by atoms with Crippen molar-refractivity contribution < 1.29 is 9.52 Å². The van der Waals surface area contributed by atoms with Gasteiger partial charge in [0.15, 0.2) is 11.6 Å². The third-order valence-corrected chi connectivity index (χ3v) is 2.04. The van der Waals surface area contributed by atoms with E-state index in [1.807, 2.05) is 13.8 Å². The topological polar surface area (TPSA) is 62.0 Å². The fourth-order valence-corrected chi connectivity index (χ4v) is 1.31. The summed E-state index contributed by atoms with van der Waals surface area (Å²) >= 11 is 0. The van der Waals surface area contributed by atoms with E-state index in [2.05, 4.69) is 9.97 Å². The Balaban J connectivity index is 2.43. The molecule has 74 valence electrons. The lowest BCUT2D eigenvalue weighted by Gasteiger charge is -1.99. The molecule has 0 saturated heterocycles. The zero-order valence-corrected chi connectivity index (χ0v) is 8.11. The molecule has 0 aromatic carbocycles. The zero-order chi connectivity index (χ0) is 10.1. The Hall–Kier alpha value is -1.71. The molecule has 2 aromatic heterocycles. The van der Waals surface area contributed by atoms with Gasteiger partial charge in [0.05, 0.1) is 12.0 Å². The molecule has 4 nitrogen and oxygen atoms in total. The smallest absolute Gasteiger partial charge is 0.233 e. The van der Waals surface area contributed by atoms with Crippen LogP contribution in [0.1, 0.15) is 25.5 Å². The minimum atomic E-state index is 0.0476. The molecule has 0 saturated carbocycles. The Morgan fingerprint density at radius 2 is 2.29 bits per heavy atom. The standard InChI is InChI=1S/C10H12N2O2/c1-6(2)8-10(13)12-9(11-8)7-4-3-5-14-7/h3-6,13H,1-2H3,(H,11,12). The Morgan fingerprint density at radius 1 is 1.50 bits per heavy atom. The molecule has 0 amide bonds. The molecule has 2 aromatic rings. The van der Waals surface area contributed by atoms with Gasteiger partial charge < -0.3 is 14.5 Å². The largest absolute Gasteiger partial charge is 0.492 e. The number of aromatic amines is 1. The summed E-state index contributed by atoms with van der Waals surface area (Å²) in [4.78, 5) is 7.01. The number of rotatable bonds is 2. The van der Waals surface area contributed by atoms with E-state index in [0.29, 0.717) is 11.6 Å². The van der Waals surface area contributed by atoms with Gasteiger partial charge in [-0.3, -0.25) is 0 Å². The summed E-state index contributed by atoms with van der Waals surface area (Å²) < 4.78 is 5.16. The molecule has 0 fully saturated rings. The van der Waals surface area contributed by atoms with Gasteiger partial charge in [0.2, 0.25) is 5.88 Å². The predicted molar refractivity (Wildman–Crippen MR) is 52.0 cm³/mol. The number of imidazole rings is 1. The number of aromatic hydroxyl groups is 1. The fraction of sp³-hybridized carbons (Fsp3) is 0.300. The molecular formula is C10H12N2O2. The molecule has 2 rings (SSSR count). The van der Waals surface area contributed by atoms with Gasteiger partial charge in [-0.25, -0.2) is 0 Å². The minimum absolute atomic E-state index is 0.0476. The quantitative estimate of drug-likeness (QED) is 0.768. The molecule has 0 unspecified atom stereocenters. The number of nitrogens with one attached hydrogen (secondary N) is 1. The van der Waals surface area contributed by atoms with Gasteiger partial charge in [-0.2, -0.15) is 4.98 Å². The van der Waals surface area contributed by atoms with Crippen molar-refractivity contribution in [1.82, 2.24) is 9.97 Å². The van der Waals surface area contributed by atoms with Gasteiger partial charge in [-0.05, 0) is 18.1 Å². The van der Waals surface area contributed by atoms with Crippen LogP contribution in [0.15, 0.2) is 22.8 Å². The summed E-state index contributed by atoms with van der Waals surface area (Å²) in [5, 5.41) is 9.52. The van der Waals surface area contributed by atoms with Crippen molar-refractivity contribution >= 4 is 0 Å². The van der Waals surface area contributed by atoms with Crippen molar-refractivity contribution in [3.63, 3.8) is 0 Å². The van der Waals surface area contributed by atoms with Crippen LogP contribution in [0.5, 0.6) is 5.88 Å². The first-order valence-electron chi connectivity index (χ1n) is 4.51. The van der Waals surface area contributed by atoms with Gasteiger partial charge in [-0.1, -0.05) is 13.8 Å². The predicted octanol–water partition coefficient (Wildman–Crippen LogP) is 2.50. The molecule has 0 aliphatic heterocycles. The Morgan fingerprint density at radius 3 is 2.79 bits per heavy atom. The fourth-order valence-electron chi connectivity index (χ4n) is 1.31. The molecule has 0 aliphatic rings. The van der Waals surface area contributed by atoms with Gasteiger partial charge >= 0.3 is 0 Å². The highest BCUT2D eigenvalue weighted by Gasteiger charge is 2.14. The lowest BCUT2D eigenvalue weighted by Crippen LogP contribution is -1.87. The van der Waals surface area contributed by atoms with Crippen molar-refractivity contribution in [1.29, 1.82) is 0 Å². The number of hydrogen-bond acceptors (Lipinski definition) is 3. The van der Waals surface area contributed by atoms with Crippen LogP contribution < -0.4 is 0 Å². The molecular weight excluding hydrogens is 180 g/mol. The molecule has 4 heteroatoms. The Bertz CT molecular complexity index is 415. The summed E-state index contributed by atoms with van der Waals surface area (Å²) in [7, 11) is 0. The second-order valence-corrected chi connectivity index (χ2v) is 3.45. The van der Waals surface area contributed by atoms with Crippen molar-refractivity contribution in [3.8, 4) is 17.5 Å². The number of hydrogen-bond donors (Lipinski definition) is 2. The average molecular weight is 192 g/mol. The van der Waals surface area contributed by atoms with E-state index in [9.17, 15) is 5.11 Å². The third kappa shape index (κ3) is 1.39. The molecule has 0 atom stereocenters. The van der Waals surface area contributed by atoms with Crippen LogP contribution in [0.3, 0.4) is 0 Å². The van der Waals surface area contributed by atoms with Crippen LogP contribution in [0.25, 0.3) is 11.6 Å². The molecule has 0 bridgehead atoms. The van der Waals surface area contributed by atoms with Crippen LogP contribution in [-0.4, -0.2) is 15.1 Å². The van der Waals surface area contributed by atoms with E-state index in [1.54, 1.807) is 18.4 Å². The van der Waals surface area contributed by atoms with Gasteiger partial charge in [0.25, 0.3) is 0 Å². The normalized spacial score (nSPS) is 11.1. The summed E-state index contributed by atoms with van der Waals surface area (Å²) in [6, 6.07) is 3.58. The van der Waals surface area contributed by atoms with Crippen molar-refractivity contribution in [2.75, 3.05) is 0 Å². The van der Waals surface area contributed by atoms with E-state index in [-0.39, 0.29) is 11.8 Å². The first-order valence-corrected chi connectivity index (χ1v) is 4.51. The Kier molecular flexibility index (Phi) is 2.04. The lowest BCUT2D eigenvalue weighted by molar-refractivity contribution is 0.446. The van der Waals surface area contributed by atoms with Crippen LogP contribution in [0.2, 0.25) is 0 Å². The van der Waals surface area contributed by atoms with Crippen molar-refractivity contribution in [2.45, 2.75) is 19.8 Å². The van der Waals surface area contributed by atoms with Gasteiger partial charge in [0, 0.05) is 0 Å². The van der Waals surface area contributed by atoms with Gasteiger partial charge in [0.1, 0.15) is 0 Å². The minimum Gasteiger partial charge on any atom is -0.492 e. The zero-order valence-electron chi connectivity index (χ0n) is 8.11. The summed E-state index contributed by atoms with van der Waals surface area (Å²) in [5.41, 5.74) is 0.733. The summed E-state index contributed by atoms with van der Waals surface area (Å²) in [6.07, 6.45) is 1.57. The SMILES string of the molecule is CC(C)c1[nH]c(-c2ccco2)nc1O. The molecule has 2 N–H and O–H groups in total. The highest BCUT2D eigenvalue weighted by atomic mass is 16.3. The van der Waals surface area contributed by atoms with E-state index >= 15 is 0 Å². The maximum atomic E-state index is 9.52. The van der Waals surface area contributed by atoms with Crippen LogP contribution in [0, 0.1) is 0 Å². The lowest BCUT2D eigenvalue weighted by atomic mass is 10.1. The van der Waals surface area contributed by atoms with Crippen LogP contribution in [-0.2, 0) is 0 Å². The molecule has 0 aliphatic carbocycles. The number of furan rings is 1. The monoisotopic (exact) mass is 192 g/mol. The van der Waals surface area contributed by atoms with Crippen LogP contribution in [0.4, 0.5) is 0 Å². The summed E-state index contributed by atoms with van der Waals surface area (Å²) in [5.74, 6) is 1.46. The van der Waals surface area contributed by atoms with Gasteiger partial charge in [-0.15, -0.1) is 0 Å². The summed E-state index contributed by atoms with van der Waals surface area (Å²) in [6.45, 7) is 3.97. The second-order valence-electron chi connectivity index (χ2n) is 3.45. The van der Waals surface area contributed by atoms with Crippen molar-refractivity contribution in [3.05, 3.63) is 24.1 Å². The highest BCUT2D eigenvalue weighted by Crippen LogP contribution is 2.26. The van der Waals surface area contributed by atoms with Crippen molar-refractivity contribution in [2.24, 2.45) is 0 Å².